The Morgan fingerprint density at radius 3 is 2.86 bits per heavy atom. The zero-order valence-electron chi connectivity index (χ0n) is 15.5. The molecule has 0 saturated carbocycles. The van der Waals surface area contributed by atoms with Gasteiger partial charge in [-0.15, -0.1) is 11.8 Å². The van der Waals surface area contributed by atoms with E-state index in [1.54, 1.807) is 11.0 Å². The van der Waals surface area contributed by atoms with Crippen LogP contribution in [0.1, 0.15) is 16.1 Å². The summed E-state index contributed by atoms with van der Waals surface area (Å²) < 4.78 is 5.02. The normalized spacial score (nSPS) is 23.4. The molecule has 3 unspecified atom stereocenters. The first-order valence-corrected chi connectivity index (χ1v) is 10.2. The number of hydrogen-bond donors (Lipinski definition) is 4. The molecule has 2 aromatic rings. The minimum Gasteiger partial charge on any atom is -0.459 e. The van der Waals surface area contributed by atoms with Crippen molar-refractivity contribution in [1.82, 2.24) is 16.0 Å². The van der Waals surface area contributed by atoms with E-state index in [1.165, 1.54) is 24.1 Å². The van der Waals surface area contributed by atoms with Gasteiger partial charge >= 0.3 is 0 Å². The number of thioether (sulfide) groups is 1. The lowest BCUT2D eigenvalue weighted by molar-refractivity contribution is -0.125. The van der Waals surface area contributed by atoms with Crippen molar-refractivity contribution in [3.63, 3.8) is 0 Å². The van der Waals surface area contributed by atoms with Gasteiger partial charge in [0.15, 0.2) is 5.76 Å². The minimum absolute atomic E-state index is 0.0298. The SMILES string of the molecule is NC1NC(SCC(=O)N2CCc3ccccc32)NC(=O)C1NC(=O)c1ccco1. The third kappa shape index (κ3) is 4.14. The second kappa shape index (κ2) is 8.27. The molecule has 9 nitrogen and oxygen atoms in total. The first-order chi connectivity index (χ1) is 14.0. The predicted octanol–water partition coefficient (Wildman–Crippen LogP) is -0.0117. The summed E-state index contributed by atoms with van der Waals surface area (Å²) in [5.41, 5.74) is 7.60. The van der Waals surface area contributed by atoms with Gasteiger partial charge in [0, 0.05) is 12.2 Å². The molecule has 0 radical (unpaired) electrons. The number of anilines is 1. The van der Waals surface area contributed by atoms with E-state index in [2.05, 4.69) is 16.0 Å². The largest absolute Gasteiger partial charge is 0.459 e. The summed E-state index contributed by atoms with van der Waals surface area (Å²) in [5.74, 6) is -0.701. The number of para-hydroxylation sites is 1. The quantitative estimate of drug-likeness (QED) is 0.540. The molecule has 0 spiro atoms. The summed E-state index contributed by atoms with van der Waals surface area (Å²) in [7, 11) is 0. The lowest BCUT2D eigenvalue weighted by atomic mass is 10.1. The van der Waals surface area contributed by atoms with Crippen molar-refractivity contribution < 1.29 is 18.8 Å². The molecule has 2 aliphatic rings. The van der Waals surface area contributed by atoms with Crippen LogP contribution in [0.2, 0.25) is 0 Å². The average Bonchev–Trinajstić information content (AvgIpc) is 3.38. The Hall–Kier alpha value is -2.82. The fourth-order valence-electron chi connectivity index (χ4n) is 3.39. The third-order valence-corrected chi connectivity index (χ3v) is 5.85. The number of fused-ring (bicyclic) bond motifs is 1. The molecule has 3 heterocycles. The number of furan rings is 1. The number of carbonyl (C=O) groups excluding carboxylic acids is 3. The predicted molar refractivity (Wildman–Crippen MR) is 108 cm³/mol. The van der Waals surface area contributed by atoms with Crippen molar-refractivity contribution in [2.75, 3.05) is 17.2 Å². The maximum atomic E-state index is 12.6. The van der Waals surface area contributed by atoms with Gasteiger partial charge in [0.1, 0.15) is 11.5 Å². The van der Waals surface area contributed by atoms with Crippen LogP contribution in [-0.2, 0) is 16.0 Å². The van der Waals surface area contributed by atoms with E-state index in [0.717, 1.165) is 17.7 Å². The number of rotatable bonds is 5. The van der Waals surface area contributed by atoms with Gasteiger partial charge in [0.05, 0.1) is 18.2 Å². The van der Waals surface area contributed by atoms with E-state index in [1.807, 2.05) is 24.3 Å². The van der Waals surface area contributed by atoms with Crippen LogP contribution < -0.4 is 26.6 Å². The van der Waals surface area contributed by atoms with Crippen LogP contribution in [0.3, 0.4) is 0 Å². The van der Waals surface area contributed by atoms with Crippen molar-refractivity contribution >= 4 is 35.2 Å². The van der Waals surface area contributed by atoms with Crippen molar-refractivity contribution in [2.24, 2.45) is 5.73 Å². The van der Waals surface area contributed by atoms with Gasteiger partial charge in [-0.1, -0.05) is 18.2 Å². The van der Waals surface area contributed by atoms with Gasteiger partial charge < -0.3 is 25.7 Å². The van der Waals surface area contributed by atoms with Crippen LogP contribution in [-0.4, -0.2) is 47.7 Å². The van der Waals surface area contributed by atoms with Crippen molar-refractivity contribution in [3.8, 4) is 0 Å². The van der Waals surface area contributed by atoms with Crippen LogP contribution in [0.5, 0.6) is 0 Å². The first kappa shape index (κ1) is 19.5. The van der Waals surface area contributed by atoms with E-state index in [4.69, 9.17) is 10.2 Å². The Morgan fingerprint density at radius 1 is 1.28 bits per heavy atom. The molecule has 1 aromatic heterocycles. The van der Waals surface area contributed by atoms with Crippen LogP contribution in [0.15, 0.2) is 47.1 Å². The summed E-state index contributed by atoms with van der Waals surface area (Å²) in [6.07, 6.45) is 1.41. The number of carbonyl (C=O) groups is 3. The summed E-state index contributed by atoms with van der Waals surface area (Å²) in [5, 5.41) is 8.28. The Morgan fingerprint density at radius 2 is 2.10 bits per heavy atom. The topological polar surface area (TPSA) is 130 Å². The smallest absolute Gasteiger partial charge is 0.287 e. The molecular weight excluding hydrogens is 394 g/mol. The van der Waals surface area contributed by atoms with E-state index >= 15 is 0 Å². The Kier molecular flexibility index (Phi) is 5.56. The molecule has 4 rings (SSSR count). The van der Waals surface area contributed by atoms with E-state index in [-0.39, 0.29) is 17.4 Å². The third-order valence-electron chi connectivity index (χ3n) is 4.85. The second-order valence-corrected chi connectivity index (χ2v) is 7.84. The van der Waals surface area contributed by atoms with Crippen molar-refractivity contribution in [3.05, 3.63) is 54.0 Å². The van der Waals surface area contributed by atoms with Gasteiger partial charge in [-0.05, 0) is 30.2 Å². The highest BCUT2D eigenvalue weighted by Crippen LogP contribution is 2.28. The van der Waals surface area contributed by atoms with Gasteiger partial charge in [-0.25, -0.2) is 0 Å². The summed E-state index contributed by atoms with van der Waals surface area (Å²) >= 11 is 1.25. The molecule has 10 heteroatoms. The minimum atomic E-state index is -0.953. The average molecular weight is 415 g/mol. The molecule has 3 atom stereocenters. The maximum Gasteiger partial charge on any atom is 0.287 e. The molecular formula is C19H21N5O4S. The number of nitrogens with two attached hydrogens (primary N) is 1. The molecule has 1 aromatic carbocycles. The van der Waals surface area contributed by atoms with E-state index in [0.29, 0.717) is 6.54 Å². The molecule has 152 valence electrons. The fraction of sp³-hybridized carbons (Fsp3) is 0.316. The fourth-order valence-corrected chi connectivity index (χ4v) is 4.31. The number of amides is 3. The number of nitrogens with zero attached hydrogens (tertiary/aromatic N) is 1. The molecule has 3 amide bonds. The molecule has 0 aliphatic carbocycles. The zero-order valence-corrected chi connectivity index (χ0v) is 16.3. The van der Waals surface area contributed by atoms with E-state index in [9.17, 15) is 14.4 Å². The van der Waals surface area contributed by atoms with Crippen molar-refractivity contribution in [1.29, 1.82) is 0 Å². The lowest BCUT2D eigenvalue weighted by Crippen LogP contribution is -2.70. The highest BCUT2D eigenvalue weighted by atomic mass is 32.2. The maximum absolute atomic E-state index is 12.6. The molecule has 5 N–H and O–H groups in total. The second-order valence-electron chi connectivity index (χ2n) is 6.74. The molecule has 1 fully saturated rings. The van der Waals surface area contributed by atoms with Gasteiger partial charge in [0.25, 0.3) is 5.91 Å². The molecule has 0 bridgehead atoms. The Bertz CT molecular complexity index is 919. The van der Waals surface area contributed by atoms with Crippen LogP contribution >= 0.6 is 11.8 Å². The lowest BCUT2D eigenvalue weighted by Gasteiger charge is -2.35. The Balaban J connectivity index is 1.30. The van der Waals surface area contributed by atoms with Crippen LogP contribution in [0, 0.1) is 0 Å². The number of hydrogen-bond acceptors (Lipinski definition) is 7. The summed E-state index contributed by atoms with van der Waals surface area (Å²) in [4.78, 5) is 38.9. The molecule has 1 saturated heterocycles. The van der Waals surface area contributed by atoms with Gasteiger partial charge in [0.2, 0.25) is 11.8 Å². The Labute approximate surface area is 171 Å². The monoisotopic (exact) mass is 415 g/mol. The van der Waals surface area contributed by atoms with E-state index < -0.39 is 29.5 Å². The number of benzene rings is 1. The standard InChI is InChI=1S/C19H21N5O4S/c20-16-15(21-17(26)13-6-3-9-28-13)18(27)23-19(22-16)29-10-14(25)24-8-7-11-4-1-2-5-12(11)24/h1-6,9,15-16,19,22H,7-8,10,20H2,(H,21,26)(H,23,27). The van der Waals surface area contributed by atoms with Gasteiger partial charge in [-0.2, -0.15) is 0 Å². The zero-order chi connectivity index (χ0) is 20.4. The van der Waals surface area contributed by atoms with Crippen LogP contribution in [0.25, 0.3) is 0 Å². The summed E-state index contributed by atoms with van der Waals surface area (Å²) in [6.45, 7) is 0.656. The first-order valence-electron chi connectivity index (χ1n) is 9.19. The highest BCUT2D eigenvalue weighted by Gasteiger charge is 2.36. The van der Waals surface area contributed by atoms with Gasteiger partial charge in [-0.3, -0.25) is 19.7 Å². The van der Waals surface area contributed by atoms with Crippen molar-refractivity contribution in [2.45, 2.75) is 24.1 Å². The van der Waals surface area contributed by atoms with Crippen LogP contribution in [0.4, 0.5) is 5.69 Å². The molecule has 29 heavy (non-hydrogen) atoms. The highest BCUT2D eigenvalue weighted by molar-refractivity contribution is 8.00. The summed E-state index contributed by atoms with van der Waals surface area (Å²) in [6, 6.07) is 9.96. The number of nitrogens with one attached hydrogen (secondary N) is 3. The molecule has 2 aliphatic heterocycles.